The SMILES string of the molecule is CCCCC(NC(=O)[C@@H]1[C@@H]2[C@H](CN1C(=O)[C@@H](NC(=O)NC1(CS(=O)(=O)C(C)(C)C)CCCCC1)C(C)(C)C)C2(C)C)C(=O)C(=O)NCCC. The number of rotatable bonds is 14. The Morgan fingerprint density at radius 3 is 2.04 bits per heavy atom. The van der Waals surface area contributed by atoms with Crippen LogP contribution in [0, 0.1) is 22.7 Å². The first-order chi connectivity index (χ1) is 22.5. The predicted octanol–water partition coefficient (Wildman–Crippen LogP) is 3.87. The summed E-state index contributed by atoms with van der Waals surface area (Å²) in [5.41, 5.74) is -1.91. The van der Waals surface area contributed by atoms with Gasteiger partial charge in [0, 0.05) is 13.1 Å². The van der Waals surface area contributed by atoms with Gasteiger partial charge in [-0.05, 0) is 69.1 Å². The molecule has 3 fully saturated rings. The van der Waals surface area contributed by atoms with Gasteiger partial charge in [0.15, 0.2) is 9.84 Å². The third kappa shape index (κ3) is 9.35. The van der Waals surface area contributed by atoms with Crippen molar-refractivity contribution in [2.45, 2.75) is 155 Å². The predicted molar refractivity (Wildman–Crippen MR) is 190 cm³/mol. The topological polar surface area (TPSA) is 171 Å². The minimum absolute atomic E-state index is 0.0624. The molecule has 49 heavy (non-hydrogen) atoms. The molecule has 3 rings (SSSR count). The molecular formula is C36H63N5O7S. The third-order valence-electron chi connectivity index (χ3n) is 11.0. The number of hydrogen-bond donors (Lipinski definition) is 4. The number of urea groups is 1. The number of carbonyl (C=O) groups is 5. The fourth-order valence-electron chi connectivity index (χ4n) is 7.57. The van der Waals surface area contributed by atoms with Gasteiger partial charge in [0.2, 0.25) is 17.6 Å². The van der Waals surface area contributed by atoms with E-state index in [0.717, 1.165) is 25.7 Å². The molecule has 1 heterocycles. The van der Waals surface area contributed by atoms with Gasteiger partial charge >= 0.3 is 6.03 Å². The van der Waals surface area contributed by atoms with E-state index < -0.39 is 73.2 Å². The number of sulfone groups is 1. The zero-order valence-corrected chi connectivity index (χ0v) is 32.4. The van der Waals surface area contributed by atoms with Gasteiger partial charge in [0.25, 0.3) is 5.91 Å². The summed E-state index contributed by atoms with van der Waals surface area (Å²) in [6.45, 7) is 19.1. The van der Waals surface area contributed by atoms with E-state index >= 15 is 0 Å². The molecule has 0 aromatic heterocycles. The van der Waals surface area contributed by atoms with E-state index in [0.29, 0.717) is 45.2 Å². The standard InChI is InChI=1S/C36H63N5O7S/c1-11-13-17-24(27(42)30(44)37-20-12-2)38-29(43)26-25-23(35(25,9)10)21-41(26)31(45)28(33(3,4)5)39-32(46)40-36(18-15-14-16-19-36)22-49(47,48)34(6,7)8/h23-26,28H,11-22H2,1-10H3,(H,37,44)(H,38,43)(H2,39,40,46)/t23-,24?,25-,26-,28+/m0/s1. The van der Waals surface area contributed by atoms with Crippen LogP contribution in [0.5, 0.6) is 0 Å². The number of likely N-dealkylation sites (tertiary alicyclic amines) is 1. The number of carbonyl (C=O) groups excluding carboxylic acids is 5. The van der Waals surface area contributed by atoms with Crippen LogP contribution in [0.25, 0.3) is 0 Å². The van der Waals surface area contributed by atoms with Gasteiger partial charge < -0.3 is 26.2 Å². The number of piperidine rings is 1. The first-order valence-electron chi connectivity index (χ1n) is 18.3. The van der Waals surface area contributed by atoms with Crippen LogP contribution in [0.15, 0.2) is 0 Å². The number of amides is 5. The van der Waals surface area contributed by atoms with Crippen LogP contribution >= 0.6 is 0 Å². The number of ketones is 1. The van der Waals surface area contributed by atoms with Crippen molar-refractivity contribution in [2.75, 3.05) is 18.8 Å². The summed E-state index contributed by atoms with van der Waals surface area (Å²) in [6.07, 6.45) is 5.93. The van der Waals surface area contributed by atoms with Crippen LogP contribution in [-0.4, -0.2) is 90.1 Å². The molecule has 2 aliphatic carbocycles. The molecule has 5 amide bonds. The highest BCUT2D eigenvalue weighted by Crippen LogP contribution is 2.65. The second-order valence-electron chi connectivity index (χ2n) is 17.3. The zero-order chi connectivity index (χ0) is 37.2. The molecule has 0 bridgehead atoms. The van der Waals surface area contributed by atoms with E-state index in [2.05, 4.69) is 35.1 Å². The Morgan fingerprint density at radius 1 is 0.898 bits per heavy atom. The number of fused-ring (bicyclic) bond motifs is 1. The minimum Gasteiger partial charge on any atom is -0.349 e. The zero-order valence-electron chi connectivity index (χ0n) is 31.6. The van der Waals surface area contributed by atoms with Gasteiger partial charge in [0.05, 0.1) is 22.1 Å². The van der Waals surface area contributed by atoms with E-state index in [1.807, 2.05) is 34.6 Å². The highest BCUT2D eigenvalue weighted by Gasteiger charge is 2.70. The van der Waals surface area contributed by atoms with Crippen LogP contribution in [0.3, 0.4) is 0 Å². The van der Waals surface area contributed by atoms with Gasteiger partial charge in [-0.2, -0.15) is 0 Å². The van der Waals surface area contributed by atoms with Crippen molar-refractivity contribution < 1.29 is 32.4 Å². The van der Waals surface area contributed by atoms with Crippen molar-refractivity contribution >= 4 is 39.4 Å². The summed E-state index contributed by atoms with van der Waals surface area (Å²) in [5, 5.41) is 11.3. The quantitative estimate of drug-likeness (QED) is 0.198. The van der Waals surface area contributed by atoms with Crippen molar-refractivity contribution in [3.8, 4) is 0 Å². The lowest BCUT2D eigenvalue weighted by Gasteiger charge is -2.41. The number of unbranched alkanes of at least 4 members (excludes halogenated alkanes) is 1. The lowest BCUT2D eigenvalue weighted by molar-refractivity contribution is -0.145. The lowest BCUT2D eigenvalue weighted by Crippen LogP contribution is -2.64. The van der Waals surface area contributed by atoms with Crippen LogP contribution in [0.2, 0.25) is 0 Å². The highest BCUT2D eigenvalue weighted by molar-refractivity contribution is 7.92. The summed E-state index contributed by atoms with van der Waals surface area (Å²) >= 11 is 0. The van der Waals surface area contributed by atoms with Gasteiger partial charge in [-0.1, -0.05) is 80.6 Å². The molecular weight excluding hydrogens is 646 g/mol. The molecule has 0 aromatic rings. The largest absolute Gasteiger partial charge is 0.349 e. The molecule has 280 valence electrons. The normalized spacial score (nSPS) is 24.2. The molecule has 1 saturated heterocycles. The second-order valence-corrected chi connectivity index (χ2v) is 20.1. The summed E-state index contributed by atoms with van der Waals surface area (Å²) in [4.78, 5) is 69.5. The first kappa shape index (κ1) is 40.7. The van der Waals surface area contributed by atoms with E-state index in [9.17, 15) is 32.4 Å². The Kier molecular flexibility index (Phi) is 12.7. The van der Waals surface area contributed by atoms with Gasteiger partial charge in [-0.3, -0.25) is 19.2 Å². The molecule has 2 saturated carbocycles. The van der Waals surface area contributed by atoms with Crippen LogP contribution in [-0.2, 0) is 29.0 Å². The molecule has 0 spiro atoms. The van der Waals surface area contributed by atoms with E-state index in [-0.39, 0.29) is 23.0 Å². The molecule has 1 aliphatic heterocycles. The number of nitrogens with zero attached hydrogens (tertiary/aromatic N) is 1. The molecule has 3 aliphatic rings. The number of Topliss-reactive ketones (excluding diaryl/α,β-unsaturated/α-hetero) is 1. The van der Waals surface area contributed by atoms with E-state index in [1.165, 1.54) is 4.90 Å². The maximum absolute atomic E-state index is 14.4. The summed E-state index contributed by atoms with van der Waals surface area (Å²) in [7, 11) is -3.56. The van der Waals surface area contributed by atoms with Crippen LogP contribution < -0.4 is 21.3 Å². The molecule has 4 N–H and O–H groups in total. The summed E-state index contributed by atoms with van der Waals surface area (Å²) < 4.78 is 25.6. The molecule has 5 atom stereocenters. The van der Waals surface area contributed by atoms with Crippen LogP contribution in [0.1, 0.15) is 127 Å². The van der Waals surface area contributed by atoms with E-state index in [4.69, 9.17) is 0 Å². The van der Waals surface area contributed by atoms with Crippen LogP contribution in [0.4, 0.5) is 4.79 Å². The average molecular weight is 710 g/mol. The Labute approximate surface area is 294 Å². The monoisotopic (exact) mass is 709 g/mol. The highest BCUT2D eigenvalue weighted by atomic mass is 32.2. The minimum atomic E-state index is -3.56. The fraction of sp³-hybridized carbons (Fsp3) is 0.861. The molecule has 0 radical (unpaired) electrons. The van der Waals surface area contributed by atoms with Gasteiger partial charge in [-0.15, -0.1) is 0 Å². The van der Waals surface area contributed by atoms with E-state index in [1.54, 1.807) is 20.8 Å². The maximum Gasteiger partial charge on any atom is 0.315 e. The first-order valence-corrected chi connectivity index (χ1v) is 19.9. The van der Waals surface area contributed by atoms with Crippen molar-refractivity contribution in [1.82, 2.24) is 26.2 Å². The molecule has 12 nitrogen and oxygen atoms in total. The van der Waals surface area contributed by atoms with Crippen molar-refractivity contribution in [2.24, 2.45) is 22.7 Å². The Balaban J connectivity index is 1.86. The summed E-state index contributed by atoms with van der Waals surface area (Å²) in [5.74, 6) is -2.60. The molecule has 13 heteroatoms. The smallest absolute Gasteiger partial charge is 0.315 e. The molecule has 0 aromatic carbocycles. The molecule has 1 unspecified atom stereocenters. The van der Waals surface area contributed by atoms with Crippen molar-refractivity contribution in [3.05, 3.63) is 0 Å². The maximum atomic E-state index is 14.4. The van der Waals surface area contributed by atoms with Gasteiger partial charge in [0.1, 0.15) is 12.1 Å². The number of nitrogens with one attached hydrogen (secondary N) is 4. The van der Waals surface area contributed by atoms with Crippen molar-refractivity contribution in [1.29, 1.82) is 0 Å². The number of hydrogen-bond acceptors (Lipinski definition) is 7. The fourth-order valence-corrected chi connectivity index (χ4v) is 9.09. The Hall–Kier alpha value is -2.70. The third-order valence-corrected chi connectivity index (χ3v) is 13.8. The van der Waals surface area contributed by atoms with Crippen molar-refractivity contribution in [3.63, 3.8) is 0 Å². The lowest BCUT2D eigenvalue weighted by atomic mass is 9.83. The Morgan fingerprint density at radius 2 is 1.51 bits per heavy atom. The average Bonchev–Trinajstić information content (AvgIpc) is 3.30. The second kappa shape index (κ2) is 15.3. The summed E-state index contributed by atoms with van der Waals surface area (Å²) in [6, 6.07) is -3.53. The van der Waals surface area contributed by atoms with Gasteiger partial charge in [-0.25, -0.2) is 13.2 Å². The Bertz CT molecular complexity index is 1360.